The minimum atomic E-state index is -0.414. The van der Waals surface area contributed by atoms with Crippen molar-refractivity contribution in [3.05, 3.63) is 61.8 Å². The van der Waals surface area contributed by atoms with Crippen LogP contribution in [0.4, 0.5) is 5.69 Å². The quantitative estimate of drug-likeness (QED) is 0.465. The molecular weight excluding hydrogens is 290 g/mol. The number of thiophene rings is 1. The SMILES string of the molecule is NC(=O)c1csc(CNCCc2ccc([N+](=O)[O-])cc2)c1. The van der Waals surface area contributed by atoms with Crippen LogP contribution in [0.1, 0.15) is 20.8 Å². The van der Waals surface area contributed by atoms with Gasteiger partial charge in [-0.05, 0) is 24.6 Å². The van der Waals surface area contributed by atoms with Gasteiger partial charge >= 0.3 is 0 Å². The number of nitrogens with zero attached hydrogens (tertiary/aromatic N) is 1. The molecule has 0 radical (unpaired) electrons. The number of non-ortho nitro benzene ring substituents is 1. The number of benzene rings is 1. The summed E-state index contributed by atoms with van der Waals surface area (Å²) in [6, 6.07) is 8.32. The van der Waals surface area contributed by atoms with Gasteiger partial charge in [0, 0.05) is 28.9 Å². The van der Waals surface area contributed by atoms with E-state index in [9.17, 15) is 14.9 Å². The van der Waals surface area contributed by atoms with Crippen molar-refractivity contribution in [2.45, 2.75) is 13.0 Å². The largest absolute Gasteiger partial charge is 0.366 e. The van der Waals surface area contributed by atoms with E-state index in [1.165, 1.54) is 23.5 Å². The number of hydrogen-bond donors (Lipinski definition) is 2. The van der Waals surface area contributed by atoms with Crippen LogP contribution in [0.25, 0.3) is 0 Å². The van der Waals surface area contributed by atoms with E-state index in [0.29, 0.717) is 12.1 Å². The van der Waals surface area contributed by atoms with Gasteiger partial charge in [-0.2, -0.15) is 0 Å². The monoisotopic (exact) mass is 305 g/mol. The minimum Gasteiger partial charge on any atom is -0.366 e. The molecule has 0 atom stereocenters. The summed E-state index contributed by atoms with van der Waals surface area (Å²) in [6.45, 7) is 1.42. The maximum Gasteiger partial charge on any atom is 0.269 e. The predicted octanol–water partition coefficient (Wildman–Crippen LogP) is 2.09. The van der Waals surface area contributed by atoms with Gasteiger partial charge in [-0.3, -0.25) is 14.9 Å². The summed E-state index contributed by atoms with van der Waals surface area (Å²) >= 11 is 1.49. The molecule has 0 fully saturated rings. The summed E-state index contributed by atoms with van der Waals surface area (Å²) in [6.07, 6.45) is 0.784. The molecule has 21 heavy (non-hydrogen) atoms. The molecule has 0 aliphatic heterocycles. The molecule has 2 aromatic rings. The van der Waals surface area contributed by atoms with Crippen molar-refractivity contribution in [2.75, 3.05) is 6.54 Å². The summed E-state index contributed by atoms with van der Waals surface area (Å²) in [4.78, 5) is 22.1. The molecule has 1 aromatic carbocycles. The number of primary amides is 1. The number of nitro groups is 1. The fourth-order valence-electron chi connectivity index (χ4n) is 1.83. The fraction of sp³-hybridized carbons (Fsp3) is 0.214. The van der Waals surface area contributed by atoms with Crippen LogP contribution in [-0.2, 0) is 13.0 Å². The first-order valence-corrected chi connectivity index (χ1v) is 7.25. The van der Waals surface area contributed by atoms with Gasteiger partial charge in [0.15, 0.2) is 0 Å². The molecule has 6 nitrogen and oxygen atoms in total. The molecule has 3 N–H and O–H groups in total. The van der Waals surface area contributed by atoms with Crippen molar-refractivity contribution < 1.29 is 9.72 Å². The lowest BCUT2D eigenvalue weighted by molar-refractivity contribution is -0.384. The Balaban J connectivity index is 1.76. The lowest BCUT2D eigenvalue weighted by atomic mass is 10.1. The maximum atomic E-state index is 11.0. The Morgan fingerprint density at radius 2 is 2.05 bits per heavy atom. The third-order valence-electron chi connectivity index (χ3n) is 2.98. The Morgan fingerprint density at radius 1 is 1.33 bits per heavy atom. The van der Waals surface area contributed by atoms with Crippen LogP contribution >= 0.6 is 11.3 Å². The zero-order valence-corrected chi connectivity index (χ0v) is 12.1. The molecule has 1 amide bonds. The Kier molecular flexibility index (Phi) is 5.02. The van der Waals surface area contributed by atoms with Crippen molar-refractivity contribution in [2.24, 2.45) is 5.73 Å². The van der Waals surface area contributed by atoms with E-state index in [1.807, 2.05) is 0 Å². The normalized spacial score (nSPS) is 10.5. The minimum absolute atomic E-state index is 0.101. The first kappa shape index (κ1) is 15.1. The second-order valence-electron chi connectivity index (χ2n) is 4.52. The molecule has 0 unspecified atom stereocenters. The van der Waals surface area contributed by atoms with Crippen LogP contribution in [0, 0.1) is 10.1 Å². The van der Waals surface area contributed by atoms with E-state index in [2.05, 4.69) is 5.32 Å². The molecule has 0 saturated carbocycles. The van der Waals surface area contributed by atoms with Gasteiger partial charge in [-0.1, -0.05) is 12.1 Å². The highest BCUT2D eigenvalue weighted by atomic mass is 32.1. The number of hydrogen-bond acceptors (Lipinski definition) is 5. The van der Waals surface area contributed by atoms with E-state index in [-0.39, 0.29) is 5.69 Å². The molecule has 0 bridgehead atoms. The predicted molar refractivity (Wildman–Crippen MR) is 81.3 cm³/mol. The first-order chi connectivity index (χ1) is 10.1. The average molecular weight is 305 g/mol. The van der Waals surface area contributed by atoms with Crippen LogP contribution in [0.2, 0.25) is 0 Å². The highest BCUT2D eigenvalue weighted by Gasteiger charge is 2.05. The zero-order valence-electron chi connectivity index (χ0n) is 11.2. The zero-order chi connectivity index (χ0) is 15.2. The lowest BCUT2D eigenvalue weighted by Gasteiger charge is -2.03. The molecule has 1 aromatic heterocycles. The van der Waals surface area contributed by atoms with E-state index in [0.717, 1.165) is 23.4 Å². The summed E-state index contributed by atoms with van der Waals surface area (Å²) in [5.74, 6) is -0.414. The Morgan fingerprint density at radius 3 is 2.62 bits per heavy atom. The molecule has 0 saturated heterocycles. The molecule has 7 heteroatoms. The van der Waals surface area contributed by atoms with Crippen LogP contribution in [0.3, 0.4) is 0 Å². The molecule has 110 valence electrons. The van der Waals surface area contributed by atoms with Gasteiger partial charge in [-0.25, -0.2) is 0 Å². The molecule has 2 rings (SSSR count). The van der Waals surface area contributed by atoms with Crippen LogP contribution < -0.4 is 11.1 Å². The fourth-order valence-corrected chi connectivity index (χ4v) is 2.67. The third kappa shape index (κ3) is 4.37. The van der Waals surface area contributed by atoms with Gasteiger partial charge in [0.25, 0.3) is 5.69 Å². The Bertz CT molecular complexity index is 637. The number of carbonyl (C=O) groups excluding carboxylic acids is 1. The van der Waals surface area contributed by atoms with E-state index in [4.69, 9.17) is 5.73 Å². The van der Waals surface area contributed by atoms with Gasteiger partial charge in [-0.15, -0.1) is 11.3 Å². The van der Waals surface area contributed by atoms with Crippen LogP contribution in [0.5, 0.6) is 0 Å². The molecule has 0 spiro atoms. The van der Waals surface area contributed by atoms with E-state index >= 15 is 0 Å². The first-order valence-electron chi connectivity index (χ1n) is 6.37. The number of nitro benzene ring substituents is 1. The molecule has 0 aliphatic carbocycles. The number of nitrogens with two attached hydrogens (primary N) is 1. The topological polar surface area (TPSA) is 98.3 Å². The van der Waals surface area contributed by atoms with E-state index in [1.54, 1.807) is 23.6 Å². The highest BCUT2D eigenvalue weighted by Crippen LogP contribution is 2.14. The van der Waals surface area contributed by atoms with Crippen molar-refractivity contribution in [1.29, 1.82) is 0 Å². The third-order valence-corrected chi connectivity index (χ3v) is 3.91. The van der Waals surface area contributed by atoms with Crippen LogP contribution in [-0.4, -0.2) is 17.4 Å². The van der Waals surface area contributed by atoms with Crippen molar-refractivity contribution in [3.8, 4) is 0 Å². The van der Waals surface area contributed by atoms with Crippen molar-refractivity contribution in [1.82, 2.24) is 5.32 Å². The number of nitrogens with one attached hydrogen (secondary N) is 1. The van der Waals surface area contributed by atoms with Gasteiger partial charge in [0.2, 0.25) is 5.91 Å². The summed E-state index contributed by atoms with van der Waals surface area (Å²) in [5.41, 5.74) is 6.87. The average Bonchev–Trinajstić information content (AvgIpc) is 2.93. The summed E-state index contributed by atoms with van der Waals surface area (Å²) in [7, 11) is 0. The Labute approximate surface area is 125 Å². The number of rotatable bonds is 7. The van der Waals surface area contributed by atoms with Crippen molar-refractivity contribution >= 4 is 22.9 Å². The second-order valence-corrected chi connectivity index (χ2v) is 5.51. The lowest BCUT2D eigenvalue weighted by Crippen LogP contribution is -2.16. The van der Waals surface area contributed by atoms with Gasteiger partial charge in [0.05, 0.1) is 10.5 Å². The number of carbonyl (C=O) groups is 1. The summed E-state index contributed by atoms with van der Waals surface area (Å²) < 4.78 is 0. The maximum absolute atomic E-state index is 11.0. The summed E-state index contributed by atoms with van der Waals surface area (Å²) in [5, 5.41) is 15.6. The van der Waals surface area contributed by atoms with Gasteiger partial charge in [0.1, 0.15) is 0 Å². The van der Waals surface area contributed by atoms with Crippen LogP contribution in [0.15, 0.2) is 35.7 Å². The smallest absolute Gasteiger partial charge is 0.269 e. The number of amides is 1. The second kappa shape index (κ2) is 6.96. The standard InChI is InChI=1S/C14H15N3O3S/c15-14(18)11-7-13(21-9-11)8-16-6-5-10-1-3-12(4-2-10)17(19)20/h1-4,7,9,16H,5-6,8H2,(H2,15,18). The Hall–Kier alpha value is -2.25. The van der Waals surface area contributed by atoms with Crippen molar-refractivity contribution in [3.63, 3.8) is 0 Å². The highest BCUT2D eigenvalue weighted by molar-refractivity contribution is 7.10. The molecule has 1 heterocycles. The molecular formula is C14H15N3O3S. The molecule has 0 aliphatic rings. The van der Waals surface area contributed by atoms with E-state index < -0.39 is 10.8 Å². The van der Waals surface area contributed by atoms with Gasteiger partial charge < -0.3 is 11.1 Å².